The Bertz CT molecular complexity index is 1040. The number of carbonyl (C=O) groups is 2. The van der Waals surface area contributed by atoms with Crippen molar-refractivity contribution in [3.8, 4) is 0 Å². The monoisotopic (exact) mass is 492 g/mol. The molecule has 4 rings (SSSR count). The molecule has 6 nitrogen and oxygen atoms in total. The molecule has 0 aliphatic carbocycles. The number of ether oxygens (including phenoxy) is 1. The zero-order valence-corrected chi connectivity index (χ0v) is 19.9. The summed E-state index contributed by atoms with van der Waals surface area (Å²) in [4.78, 5) is 28.6. The Labute approximate surface area is 203 Å². The first kappa shape index (κ1) is 23.7. The maximum absolute atomic E-state index is 13.3. The van der Waals surface area contributed by atoms with Crippen LogP contribution in [0.5, 0.6) is 0 Å². The first-order valence-electron chi connectivity index (χ1n) is 11.7. The molecule has 7 heteroatoms. The fourth-order valence-corrected chi connectivity index (χ4v) is 5.02. The van der Waals surface area contributed by atoms with Gasteiger partial charge in [-0.05, 0) is 0 Å². The van der Waals surface area contributed by atoms with Gasteiger partial charge < -0.3 is 0 Å². The molecule has 1 N–H and O–H groups in total. The van der Waals surface area contributed by atoms with E-state index >= 15 is 0 Å². The molecule has 1 fully saturated rings. The van der Waals surface area contributed by atoms with Crippen molar-refractivity contribution < 1.29 is 29.6 Å². The van der Waals surface area contributed by atoms with E-state index in [1.165, 1.54) is 18.9 Å². The van der Waals surface area contributed by atoms with Gasteiger partial charge in [0, 0.05) is 6.08 Å². The Morgan fingerprint density at radius 2 is 1.91 bits per heavy atom. The molecular weight excluding hydrogens is 461 g/mol. The van der Waals surface area contributed by atoms with Crippen LogP contribution in [0.4, 0.5) is 5.69 Å². The Balaban J connectivity index is 1.41. The van der Waals surface area contributed by atoms with Crippen molar-refractivity contribution in [3.63, 3.8) is 0 Å². The summed E-state index contributed by atoms with van der Waals surface area (Å²) >= 11 is 4.85. The first-order chi connectivity index (χ1) is 16.1. The van der Waals surface area contributed by atoms with Gasteiger partial charge in [-0.15, -0.1) is 0 Å². The second kappa shape index (κ2) is 11.1. The van der Waals surface area contributed by atoms with Gasteiger partial charge in [-0.1, -0.05) is 6.58 Å². The summed E-state index contributed by atoms with van der Waals surface area (Å²) in [6, 6.07) is 10.1. The van der Waals surface area contributed by atoms with E-state index in [-0.39, 0.29) is 11.9 Å². The molecule has 2 aliphatic rings. The topological polar surface area (TPSA) is 61.9 Å². The van der Waals surface area contributed by atoms with Crippen molar-refractivity contribution in [3.05, 3.63) is 54.1 Å². The number of unbranched alkanes of at least 4 members (excludes halogenated alkanes) is 2. The number of nitrogens with one attached hydrogen (secondary N) is 1. The van der Waals surface area contributed by atoms with E-state index < -0.39 is 0 Å². The SMILES string of the molecule is C=CC(=O)OCCCCCNc1ccc2c3c(cccc13)C(=O)N(CCN1CCCC1)[C]2=[Co]. The third kappa shape index (κ3) is 5.37. The molecule has 0 saturated carbocycles. The predicted octanol–water partition coefficient (Wildman–Crippen LogP) is 3.73. The number of nitrogens with zero attached hydrogens (tertiary/aromatic N) is 2. The van der Waals surface area contributed by atoms with Gasteiger partial charge in [-0.25, -0.2) is 4.79 Å². The van der Waals surface area contributed by atoms with Crippen LogP contribution in [0.25, 0.3) is 10.8 Å². The van der Waals surface area contributed by atoms with E-state index in [9.17, 15) is 9.59 Å². The van der Waals surface area contributed by atoms with Gasteiger partial charge in [-0.2, -0.15) is 0 Å². The van der Waals surface area contributed by atoms with Gasteiger partial charge in [0.1, 0.15) is 0 Å². The molecular formula is C26H31CoN3O3. The molecule has 1 saturated heterocycles. The Morgan fingerprint density at radius 1 is 1.09 bits per heavy atom. The summed E-state index contributed by atoms with van der Waals surface area (Å²) < 4.78 is 5.74. The van der Waals surface area contributed by atoms with Gasteiger partial charge in [-0.3, -0.25) is 0 Å². The number of anilines is 1. The molecule has 2 heterocycles. The average Bonchev–Trinajstić information content (AvgIpc) is 3.35. The Morgan fingerprint density at radius 3 is 2.70 bits per heavy atom. The average molecular weight is 492 g/mol. The number of rotatable bonds is 11. The molecule has 1 amide bonds. The van der Waals surface area contributed by atoms with Gasteiger partial charge in [0.15, 0.2) is 0 Å². The molecule has 0 aromatic heterocycles. The van der Waals surface area contributed by atoms with Crippen LogP contribution in [0.2, 0.25) is 0 Å². The fraction of sp³-hybridized carbons (Fsp3) is 0.423. The molecule has 0 unspecified atom stereocenters. The number of benzene rings is 2. The molecule has 0 atom stereocenters. The van der Waals surface area contributed by atoms with Crippen LogP contribution in [-0.4, -0.2) is 65.6 Å². The number of hydrogen-bond donors (Lipinski definition) is 1. The number of carbonyl (C=O) groups excluding carboxylic acids is 2. The second-order valence-corrected chi connectivity index (χ2v) is 9.02. The van der Waals surface area contributed by atoms with E-state index in [1.807, 2.05) is 17.0 Å². The van der Waals surface area contributed by atoms with Crippen LogP contribution >= 0.6 is 0 Å². The molecule has 0 spiro atoms. The first-order valence-corrected chi connectivity index (χ1v) is 12.3. The number of amides is 1. The van der Waals surface area contributed by atoms with Crippen LogP contribution in [0.3, 0.4) is 0 Å². The summed E-state index contributed by atoms with van der Waals surface area (Å²) in [5.74, 6) is -0.344. The number of likely N-dealkylation sites (tertiary alicyclic amines) is 1. The number of esters is 1. The van der Waals surface area contributed by atoms with Crippen molar-refractivity contribution >= 4 is 32.9 Å². The van der Waals surface area contributed by atoms with E-state index in [2.05, 4.69) is 35.0 Å². The second-order valence-electron chi connectivity index (χ2n) is 8.52. The van der Waals surface area contributed by atoms with Crippen LogP contribution in [-0.2, 0) is 24.8 Å². The van der Waals surface area contributed by atoms with E-state index in [4.69, 9.17) is 20.0 Å². The minimum atomic E-state index is -0.374. The van der Waals surface area contributed by atoms with Gasteiger partial charge in [0.05, 0.1) is 0 Å². The van der Waals surface area contributed by atoms with E-state index in [1.54, 1.807) is 0 Å². The summed E-state index contributed by atoms with van der Waals surface area (Å²) in [6.45, 7) is 8.39. The Kier molecular flexibility index (Phi) is 7.96. The van der Waals surface area contributed by atoms with Crippen molar-refractivity contribution in [2.24, 2.45) is 0 Å². The van der Waals surface area contributed by atoms with Gasteiger partial charge in [0.25, 0.3) is 0 Å². The third-order valence-electron chi connectivity index (χ3n) is 6.34. The zero-order valence-electron chi connectivity index (χ0n) is 18.9. The molecule has 0 bridgehead atoms. The van der Waals surface area contributed by atoms with Crippen LogP contribution in [0, 0.1) is 0 Å². The minimum absolute atomic E-state index is 0.0293. The molecule has 0 radical (unpaired) electrons. The van der Waals surface area contributed by atoms with Crippen molar-refractivity contribution in [1.82, 2.24) is 9.80 Å². The summed E-state index contributed by atoms with van der Waals surface area (Å²) in [5, 5.41) is 5.53. The van der Waals surface area contributed by atoms with Gasteiger partial charge in [0.2, 0.25) is 0 Å². The molecule has 2 aliphatic heterocycles. The zero-order chi connectivity index (χ0) is 23.2. The molecule has 33 heavy (non-hydrogen) atoms. The quantitative estimate of drug-likeness (QED) is 0.294. The van der Waals surface area contributed by atoms with Crippen LogP contribution in [0.15, 0.2) is 43.0 Å². The van der Waals surface area contributed by atoms with Crippen molar-refractivity contribution in [2.75, 3.05) is 44.6 Å². The standard InChI is InChI=1S/C26H31N3O3.Co/c1-2-24(30)32-18-7-3-4-13-27-23-12-11-20-19-29(17-16-28-14-5-6-15-28)26(31)22-10-8-9-21(23)25(20)22;/h2,8-12,27H,1,3-7,13-18H2;. The molecule has 177 valence electrons. The summed E-state index contributed by atoms with van der Waals surface area (Å²) in [6.07, 6.45) is 6.41. The van der Waals surface area contributed by atoms with Crippen LogP contribution in [0.1, 0.15) is 48.0 Å². The third-order valence-corrected chi connectivity index (χ3v) is 6.90. The molecule has 2 aromatic rings. The van der Waals surface area contributed by atoms with Crippen molar-refractivity contribution in [2.45, 2.75) is 32.1 Å². The normalized spacial score (nSPS) is 15.8. The Hall–Kier alpha value is -2.48. The van der Waals surface area contributed by atoms with E-state index in [0.29, 0.717) is 13.2 Å². The van der Waals surface area contributed by atoms with Crippen LogP contribution < -0.4 is 5.32 Å². The predicted molar refractivity (Wildman–Crippen MR) is 128 cm³/mol. The van der Waals surface area contributed by atoms with E-state index in [0.717, 1.165) is 77.6 Å². The van der Waals surface area contributed by atoms with Gasteiger partial charge >= 0.3 is 186 Å². The fourth-order valence-electron chi connectivity index (χ4n) is 4.58. The number of hydrogen-bond acceptors (Lipinski definition) is 5. The maximum atomic E-state index is 13.3. The molecule has 2 aromatic carbocycles. The summed E-state index contributed by atoms with van der Waals surface area (Å²) in [5.41, 5.74) is 2.77. The summed E-state index contributed by atoms with van der Waals surface area (Å²) in [7, 11) is 0. The van der Waals surface area contributed by atoms with Crippen molar-refractivity contribution in [1.29, 1.82) is 0 Å².